The zero-order valence-electron chi connectivity index (χ0n) is 34.9. The van der Waals surface area contributed by atoms with E-state index in [2.05, 4.69) is 12.1 Å². The first-order chi connectivity index (χ1) is 27.5. The Kier molecular flexibility index (Phi) is 4.48. The first-order valence-electron chi connectivity index (χ1n) is 20.2. The summed E-state index contributed by atoms with van der Waals surface area (Å²) in [6.07, 6.45) is 0. The predicted octanol–water partition coefficient (Wildman–Crippen LogP) is 12.0. The minimum absolute atomic E-state index is 0.0187. The molecule has 8 aromatic carbocycles. The summed E-state index contributed by atoms with van der Waals surface area (Å²) in [4.78, 5) is 4.90. The van der Waals surface area contributed by atoms with Crippen LogP contribution in [0, 0.1) is 0 Å². The first kappa shape index (κ1) is 18.7. The summed E-state index contributed by atoms with van der Waals surface area (Å²) in [6, 6.07) is 34.9. The lowest BCUT2D eigenvalue weighted by Crippen LogP contribution is -1.97. The van der Waals surface area contributed by atoms with E-state index in [1.54, 1.807) is 10.6 Å². The third kappa shape index (κ3) is 4.54. The van der Waals surface area contributed by atoms with E-state index in [0.717, 1.165) is 43.8 Å². The highest BCUT2D eigenvalue weighted by molar-refractivity contribution is 6.22. The van der Waals surface area contributed by atoms with Crippen molar-refractivity contribution in [1.29, 1.82) is 0 Å². The van der Waals surface area contributed by atoms with Gasteiger partial charge >= 0.3 is 0 Å². The van der Waals surface area contributed by atoms with Crippen molar-refractivity contribution >= 4 is 32.6 Å². The Bertz CT molecular complexity index is 3020. The van der Waals surface area contributed by atoms with Crippen LogP contribution in [0.15, 0.2) is 182 Å². The Labute approximate surface area is 287 Å². The van der Waals surface area contributed by atoms with Gasteiger partial charge in [-0.05, 0) is 79.1 Å². The van der Waals surface area contributed by atoms with Crippen LogP contribution in [0.3, 0.4) is 0 Å². The van der Waals surface area contributed by atoms with Gasteiger partial charge in [0.1, 0.15) is 5.82 Å². The van der Waals surface area contributed by atoms with Gasteiger partial charge in [-0.25, -0.2) is 4.98 Å². The summed E-state index contributed by atoms with van der Waals surface area (Å²) in [5, 5.41) is 3.72. The Balaban J connectivity index is 1.26. The molecule has 0 bridgehead atoms. The number of nitrogens with zero attached hydrogens (tertiary/aromatic N) is 2. The highest BCUT2D eigenvalue weighted by Crippen LogP contribution is 2.46. The van der Waals surface area contributed by atoms with Gasteiger partial charge in [0.2, 0.25) is 0 Å². The van der Waals surface area contributed by atoms with Crippen molar-refractivity contribution in [2.45, 2.75) is 0 Å². The lowest BCUT2D eigenvalue weighted by molar-refractivity contribution is 1.10. The van der Waals surface area contributed by atoms with Gasteiger partial charge in [0, 0.05) is 11.3 Å². The predicted molar refractivity (Wildman–Crippen MR) is 198 cm³/mol. The molecule has 0 fully saturated rings. The molecule has 2 nitrogen and oxygen atoms in total. The fourth-order valence-corrected chi connectivity index (χ4v) is 6.62. The van der Waals surface area contributed by atoms with Gasteiger partial charge in [-0.1, -0.05) is 158 Å². The van der Waals surface area contributed by atoms with Crippen LogP contribution in [-0.4, -0.2) is 9.55 Å². The maximum absolute atomic E-state index is 8.80. The van der Waals surface area contributed by atoms with Crippen LogP contribution in [-0.2, 0) is 0 Å². The topological polar surface area (TPSA) is 17.8 Å². The van der Waals surface area contributed by atoms with Crippen molar-refractivity contribution in [3.63, 3.8) is 0 Å². The summed E-state index contributed by atoms with van der Waals surface area (Å²) in [5.74, 6) is 0.426. The van der Waals surface area contributed by atoms with E-state index < -0.39 is 36.3 Å². The van der Waals surface area contributed by atoms with Crippen molar-refractivity contribution in [3.8, 4) is 50.5 Å². The van der Waals surface area contributed by atoms with Crippen molar-refractivity contribution in [3.05, 3.63) is 182 Å². The smallest absolute Gasteiger partial charge is 0.145 e. The highest BCUT2D eigenvalue weighted by atomic mass is 15.1. The number of hydrogen-bond acceptors (Lipinski definition) is 1. The van der Waals surface area contributed by atoms with Gasteiger partial charge in [-0.3, -0.25) is 4.57 Å². The molecule has 0 saturated carbocycles. The molecule has 0 radical (unpaired) electrons. The number of rotatable bonds is 5. The van der Waals surface area contributed by atoms with E-state index in [9.17, 15) is 0 Å². The molecular formula is C45H30N2. The zero-order valence-corrected chi connectivity index (χ0v) is 24.9. The molecule has 9 rings (SSSR count). The van der Waals surface area contributed by atoms with E-state index in [1.165, 1.54) is 0 Å². The second-order valence-corrected chi connectivity index (χ2v) is 11.2. The average molecular weight is 609 g/mol. The van der Waals surface area contributed by atoms with Crippen molar-refractivity contribution in [2.75, 3.05) is 0 Å². The Morgan fingerprint density at radius 1 is 0.426 bits per heavy atom. The summed E-state index contributed by atoms with van der Waals surface area (Å²) in [5.41, 5.74) is 6.06. The second-order valence-electron chi connectivity index (χ2n) is 11.2. The average Bonchev–Trinajstić information content (AvgIpc) is 3.62. The first-order valence-corrected chi connectivity index (χ1v) is 15.2. The molecule has 0 spiro atoms. The molecule has 1 heterocycles. The molecule has 2 heteroatoms. The summed E-state index contributed by atoms with van der Waals surface area (Å²) in [6.45, 7) is 0. The third-order valence-electron chi connectivity index (χ3n) is 8.60. The van der Waals surface area contributed by atoms with E-state index in [4.69, 9.17) is 18.7 Å². The molecule has 0 aliphatic rings. The lowest BCUT2D eigenvalue weighted by atomic mass is 9.84. The molecule has 9 aromatic rings. The fourth-order valence-electron chi connectivity index (χ4n) is 6.62. The van der Waals surface area contributed by atoms with Crippen LogP contribution in [0.5, 0.6) is 0 Å². The van der Waals surface area contributed by atoms with Gasteiger partial charge in [0.05, 0.1) is 24.7 Å². The quantitative estimate of drug-likeness (QED) is 0.178. The molecule has 0 aliphatic heterocycles. The van der Waals surface area contributed by atoms with Crippen LogP contribution in [0.4, 0.5) is 0 Å². The molecular weight excluding hydrogens is 569 g/mol. The van der Waals surface area contributed by atoms with E-state index in [0.29, 0.717) is 28.0 Å². The highest BCUT2D eigenvalue weighted by Gasteiger charge is 2.19. The van der Waals surface area contributed by atoms with E-state index in [1.807, 2.05) is 103 Å². The molecule has 0 saturated heterocycles. The molecule has 0 aliphatic carbocycles. The molecule has 0 atom stereocenters. The van der Waals surface area contributed by atoms with E-state index >= 15 is 0 Å². The number of hydrogen-bond donors (Lipinski definition) is 0. The normalized spacial score (nSPS) is 14.4. The number of aromatic nitrogens is 2. The van der Waals surface area contributed by atoms with Gasteiger partial charge in [-0.15, -0.1) is 0 Å². The van der Waals surface area contributed by atoms with Gasteiger partial charge in [0.15, 0.2) is 0 Å². The number of para-hydroxylation sites is 3. The van der Waals surface area contributed by atoms with Crippen molar-refractivity contribution in [2.24, 2.45) is 0 Å². The molecule has 0 amide bonds. The van der Waals surface area contributed by atoms with Crippen LogP contribution >= 0.6 is 0 Å². The molecule has 220 valence electrons. The van der Waals surface area contributed by atoms with E-state index in [-0.39, 0.29) is 35.4 Å². The minimum Gasteiger partial charge on any atom is -0.292 e. The molecule has 47 heavy (non-hydrogen) atoms. The summed E-state index contributed by atoms with van der Waals surface area (Å²) in [7, 11) is 0. The lowest BCUT2D eigenvalue weighted by Gasteiger charge is -2.20. The Morgan fingerprint density at radius 3 is 1.60 bits per heavy atom. The summed E-state index contributed by atoms with van der Waals surface area (Å²) < 4.78 is 86.6. The fraction of sp³-hybridized carbons (Fsp3) is 0. The molecule has 1 aromatic heterocycles. The Hall–Kier alpha value is -6.25. The van der Waals surface area contributed by atoms with Crippen LogP contribution in [0.2, 0.25) is 0 Å². The minimum atomic E-state index is -0.466. The zero-order chi connectivity index (χ0) is 39.9. The number of imidazole rings is 1. The summed E-state index contributed by atoms with van der Waals surface area (Å²) >= 11 is 0. The Morgan fingerprint density at radius 2 is 0.936 bits per heavy atom. The van der Waals surface area contributed by atoms with Crippen LogP contribution < -0.4 is 0 Å². The van der Waals surface area contributed by atoms with Gasteiger partial charge in [-0.2, -0.15) is 0 Å². The van der Waals surface area contributed by atoms with Crippen LogP contribution in [0.1, 0.15) is 13.7 Å². The maximum Gasteiger partial charge on any atom is 0.145 e. The molecule has 0 N–H and O–H groups in total. The number of fused-ring (bicyclic) bond motifs is 3. The van der Waals surface area contributed by atoms with Gasteiger partial charge in [0.25, 0.3) is 0 Å². The van der Waals surface area contributed by atoms with Crippen molar-refractivity contribution < 1.29 is 13.7 Å². The molecule has 0 unspecified atom stereocenters. The second kappa shape index (κ2) is 11.3. The largest absolute Gasteiger partial charge is 0.292 e. The van der Waals surface area contributed by atoms with Crippen LogP contribution in [0.25, 0.3) is 83.0 Å². The monoisotopic (exact) mass is 608 g/mol. The standard InChI is InChI=1S/C45H30N2/c1-3-15-31(16-4-1)35-19-7-8-20-36(35)44-39-23-11-9-21-37(39)43(38-22-10-12-24-40(38)44)32-27-29-33(30-28-32)45-46-41-25-13-14-26-42(41)47(45)34-17-5-2-6-18-34/h1-30H/i1D,2D,3D,4D,5D,6D,15D,16D,17D,18D. The van der Waals surface area contributed by atoms with Crippen molar-refractivity contribution in [1.82, 2.24) is 9.55 Å². The maximum atomic E-state index is 8.80. The number of benzene rings is 8. The van der Waals surface area contributed by atoms with Gasteiger partial charge < -0.3 is 0 Å². The SMILES string of the molecule is [2H]c1c([2H])c([2H])c(-c2ccccc2-c2c3ccccc3c(-c3ccc(-c4nc5ccccc5n4-c4c([2H])c([2H])c([2H])c([2H])c4[2H])cc3)c3ccccc23)c([2H])c1[2H]. The third-order valence-corrected chi connectivity index (χ3v) is 8.60.